The first-order valence-corrected chi connectivity index (χ1v) is 7.06. The van der Waals surface area contributed by atoms with Crippen molar-refractivity contribution in [2.45, 2.75) is 32.2 Å². The third-order valence-corrected chi connectivity index (χ3v) is 4.11. The Morgan fingerprint density at radius 1 is 1.06 bits per heavy atom. The van der Waals surface area contributed by atoms with Gasteiger partial charge >= 0.3 is 0 Å². The number of halogens is 1. The van der Waals surface area contributed by atoms with Crippen LogP contribution in [0.5, 0.6) is 0 Å². The SMILES string of the molecule is Fc1cc2c(cc1CN1CCNCC1)CCCC2. The summed E-state index contributed by atoms with van der Waals surface area (Å²) in [4.78, 5) is 2.34. The van der Waals surface area contributed by atoms with Crippen LogP contribution in [0.4, 0.5) is 4.39 Å². The molecule has 18 heavy (non-hydrogen) atoms. The van der Waals surface area contributed by atoms with Crippen LogP contribution in [0, 0.1) is 5.82 Å². The fourth-order valence-electron chi connectivity index (χ4n) is 3.04. The number of hydrogen-bond acceptors (Lipinski definition) is 2. The first-order valence-electron chi connectivity index (χ1n) is 7.06. The van der Waals surface area contributed by atoms with E-state index in [1.165, 1.54) is 24.0 Å². The van der Waals surface area contributed by atoms with Crippen molar-refractivity contribution >= 4 is 0 Å². The Balaban J connectivity index is 1.78. The molecule has 1 saturated heterocycles. The van der Waals surface area contributed by atoms with E-state index in [-0.39, 0.29) is 5.82 Å². The zero-order valence-electron chi connectivity index (χ0n) is 10.8. The third-order valence-electron chi connectivity index (χ3n) is 4.11. The number of hydrogen-bond donors (Lipinski definition) is 1. The topological polar surface area (TPSA) is 15.3 Å². The van der Waals surface area contributed by atoms with E-state index >= 15 is 0 Å². The van der Waals surface area contributed by atoms with Crippen molar-refractivity contribution in [1.29, 1.82) is 0 Å². The number of benzene rings is 1. The van der Waals surface area contributed by atoms with E-state index < -0.39 is 0 Å². The van der Waals surface area contributed by atoms with Crippen LogP contribution in [-0.4, -0.2) is 31.1 Å². The molecule has 1 N–H and O–H groups in total. The van der Waals surface area contributed by atoms with Gasteiger partial charge in [0.1, 0.15) is 5.82 Å². The number of fused-ring (bicyclic) bond motifs is 1. The first-order chi connectivity index (χ1) is 8.83. The molecule has 0 saturated carbocycles. The van der Waals surface area contributed by atoms with Gasteiger partial charge in [-0.25, -0.2) is 4.39 Å². The van der Waals surface area contributed by atoms with Crippen LogP contribution in [0.25, 0.3) is 0 Å². The van der Waals surface area contributed by atoms with Crippen LogP contribution in [0.3, 0.4) is 0 Å². The Hall–Kier alpha value is -0.930. The Labute approximate surface area is 108 Å². The largest absolute Gasteiger partial charge is 0.314 e. The van der Waals surface area contributed by atoms with E-state index in [1.54, 1.807) is 6.07 Å². The van der Waals surface area contributed by atoms with Gasteiger partial charge in [-0.3, -0.25) is 4.90 Å². The van der Waals surface area contributed by atoms with Crippen molar-refractivity contribution < 1.29 is 4.39 Å². The van der Waals surface area contributed by atoms with Gasteiger partial charge in [0.2, 0.25) is 0 Å². The zero-order valence-corrected chi connectivity index (χ0v) is 10.8. The van der Waals surface area contributed by atoms with Crippen LogP contribution in [-0.2, 0) is 19.4 Å². The van der Waals surface area contributed by atoms with Gasteiger partial charge in [-0.15, -0.1) is 0 Å². The quantitative estimate of drug-likeness (QED) is 0.862. The molecule has 0 bridgehead atoms. The number of aryl methyl sites for hydroxylation is 2. The summed E-state index contributed by atoms with van der Waals surface area (Å²) in [5.41, 5.74) is 3.51. The highest BCUT2D eigenvalue weighted by Gasteiger charge is 2.16. The van der Waals surface area contributed by atoms with Gasteiger partial charge in [0, 0.05) is 38.3 Å². The highest BCUT2D eigenvalue weighted by molar-refractivity contribution is 5.35. The monoisotopic (exact) mass is 248 g/mol. The molecule has 0 atom stereocenters. The lowest BCUT2D eigenvalue weighted by molar-refractivity contribution is 0.230. The van der Waals surface area contributed by atoms with Crippen LogP contribution in [0.15, 0.2) is 12.1 Å². The molecule has 0 spiro atoms. The lowest BCUT2D eigenvalue weighted by Gasteiger charge is -2.28. The molecule has 1 fully saturated rings. The third kappa shape index (κ3) is 2.57. The van der Waals surface area contributed by atoms with E-state index in [1.807, 2.05) is 0 Å². The van der Waals surface area contributed by atoms with Gasteiger partial charge in [0.05, 0.1) is 0 Å². The highest BCUT2D eigenvalue weighted by atomic mass is 19.1. The lowest BCUT2D eigenvalue weighted by atomic mass is 9.90. The van der Waals surface area contributed by atoms with E-state index in [0.717, 1.165) is 51.1 Å². The molecule has 2 nitrogen and oxygen atoms in total. The molecule has 98 valence electrons. The maximum atomic E-state index is 14.1. The predicted molar refractivity (Wildman–Crippen MR) is 71.2 cm³/mol. The number of piperazine rings is 1. The lowest BCUT2D eigenvalue weighted by Crippen LogP contribution is -2.43. The Morgan fingerprint density at radius 3 is 2.44 bits per heavy atom. The molecular weight excluding hydrogens is 227 g/mol. The van der Waals surface area contributed by atoms with Gasteiger partial charge in [-0.1, -0.05) is 6.07 Å². The number of rotatable bonds is 2. The Morgan fingerprint density at radius 2 is 1.72 bits per heavy atom. The molecule has 0 radical (unpaired) electrons. The second kappa shape index (κ2) is 5.37. The van der Waals surface area contributed by atoms with Crippen LogP contribution in [0.1, 0.15) is 29.5 Å². The van der Waals surface area contributed by atoms with Crippen molar-refractivity contribution in [3.63, 3.8) is 0 Å². The van der Waals surface area contributed by atoms with Crippen molar-refractivity contribution in [3.05, 3.63) is 34.6 Å². The molecule has 1 aromatic carbocycles. The fraction of sp³-hybridized carbons (Fsp3) is 0.600. The van der Waals surface area contributed by atoms with Crippen LogP contribution in [0.2, 0.25) is 0 Å². The normalized spacial score (nSPS) is 20.7. The summed E-state index contributed by atoms with van der Waals surface area (Å²) in [5, 5.41) is 3.33. The maximum absolute atomic E-state index is 14.1. The molecule has 2 aliphatic rings. The Bertz CT molecular complexity index is 425. The second-order valence-corrected chi connectivity index (χ2v) is 5.45. The minimum atomic E-state index is -0.00539. The van der Waals surface area contributed by atoms with Crippen molar-refractivity contribution in [2.75, 3.05) is 26.2 Å². The summed E-state index contributed by atoms with van der Waals surface area (Å²) in [6.45, 7) is 4.85. The average Bonchev–Trinajstić information content (AvgIpc) is 2.41. The molecule has 0 aromatic heterocycles. The second-order valence-electron chi connectivity index (χ2n) is 5.45. The van der Waals surface area contributed by atoms with Crippen molar-refractivity contribution in [1.82, 2.24) is 10.2 Å². The molecular formula is C15H21FN2. The zero-order chi connectivity index (χ0) is 12.4. The van der Waals surface area contributed by atoms with Crippen LogP contribution >= 0.6 is 0 Å². The van der Waals surface area contributed by atoms with E-state index in [4.69, 9.17) is 0 Å². The van der Waals surface area contributed by atoms with Gasteiger partial charge in [0.15, 0.2) is 0 Å². The number of nitrogens with zero attached hydrogens (tertiary/aromatic N) is 1. The van der Waals surface area contributed by atoms with Crippen molar-refractivity contribution in [2.24, 2.45) is 0 Å². The Kier molecular flexibility index (Phi) is 3.62. The fourth-order valence-corrected chi connectivity index (χ4v) is 3.04. The minimum absolute atomic E-state index is 0.00539. The summed E-state index contributed by atoms with van der Waals surface area (Å²) in [5.74, 6) is -0.00539. The highest BCUT2D eigenvalue weighted by Crippen LogP contribution is 2.25. The van der Waals surface area contributed by atoms with Crippen molar-refractivity contribution in [3.8, 4) is 0 Å². The molecule has 3 heteroatoms. The smallest absolute Gasteiger partial charge is 0.127 e. The number of nitrogens with one attached hydrogen (secondary N) is 1. The van der Waals surface area contributed by atoms with Gasteiger partial charge in [-0.05, 0) is 42.9 Å². The van der Waals surface area contributed by atoms with Gasteiger partial charge < -0.3 is 5.32 Å². The molecule has 1 aliphatic heterocycles. The molecule has 0 amide bonds. The summed E-state index contributed by atoms with van der Waals surface area (Å²) < 4.78 is 14.1. The predicted octanol–water partition coefficient (Wildman–Crippen LogP) is 2.11. The standard InChI is InChI=1S/C15H21FN2/c16-15-10-13-4-2-1-3-12(13)9-14(15)11-18-7-5-17-6-8-18/h9-10,17H,1-8,11H2. The van der Waals surface area contributed by atoms with E-state index in [0.29, 0.717) is 0 Å². The molecule has 1 aromatic rings. The maximum Gasteiger partial charge on any atom is 0.127 e. The summed E-state index contributed by atoms with van der Waals surface area (Å²) in [7, 11) is 0. The minimum Gasteiger partial charge on any atom is -0.314 e. The molecule has 3 rings (SSSR count). The average molecular weight is 248 g/mol. The van der Waals surface area contributed by atoms with Gasteiger partial charge in [-0.2, -0.15) is 0 Å². The van der Waals surface area contributed by atoms with Crippen LogP contribution < -0.4 is 5.32 Å². The summed E-state index contributed by atoms with van der Waals surface area (Å²) in [6, 6.07) is 3.90. The van der Waals surface area contributed by atoms with E-state index in [2.05, 4.69) is 16.3 Å². The first kappa shape index (κ1) is 12.1. The molecule has 0 unspecified atom stereocenters. The summed E-state index contributed by atoms with van der Waals surface area (Å²) >= 11 is 0. The van der Waals surface area contributed by atoms with E-state index in [9.17, 15) is 4.39 Å². The summed E-state index contributed by atoms with van der Waals surface area (Å²) in [6.07, 6.45) is 4.65. The molecule has 1 aliphatic carbocycles. The van der Waals surface area contributed by atoms with Gasteiger partial charge in [0.25, 0.3) is 0 Å². The molecule has 1 heterocycles.